The van der Waals surface area contributed by atoms with Crippen molar-refractivity contribution in [2.75, 3.05) is 32.9 Å². The van der Waals surface area contributed by atoms with Crippen LogP contribution in [-0.2, 0) is 9.47 Å². The Morgan fingerprint density at radius 1 is 1.00 bits per heavy atom. The van der Waals surface area contributed by atoms with Crippen molar-refractivity contribution in [3.63, 3.8) is 0 Å². The van der Waals surface area contributed by atoms with Crippen LogP contribution in [0.4, 0.5) is 0 Å². The summed E-state index contributed by atoms with van der Waals surface area (Å²) in [7, 11) is 0. The lowest BCUT2D eigenvalue weighted by atomic mass is 9.82. The third kappa shape index (κ3) is 2.04. The van der Waals surface area contributed by atoms with Crippen molar-refractivity contribution >= 4 is 0 Å². The molecule has 0 aromatic carbocycles. The van der Waals surface area contributed by atoms with E-state index in [4.69, 9.17) is 9.47 Å². The average Bonchev–Trinajstić information content (AvgIpc) is 2.83. The molecule has 1 N–H and O–H groups in total. The molecule has 3 heterocycles. The zero-order valence-corrected chi connectivity index (χ0v) is 9.89. The predicted octanol–water partition coefficient (Wildman–Crippen LogP) is 1.64. The van der Waals surface area contributed by atoms with Crippen molar-refractivity contribution in [2.45, 2.75) is 37.7 Å². The van der Waals surface area contributed by atoms with Gasteiger partial charge >= 0.3 is 0 Å². The first kappa shape index (κ1) is 10.8. The lowest BCUT2D eigenvalue weighted by Crippen LogP contribution is -2.42. The van der Waals surface area contributed by atoms with Crippen LogP contribution < -0.4 is 5.32 Å². The van der Waals surface area contributed by atoms with Gasteiger partial charge in [-0.05, 0) is 25.8 Å². The molecule has 3 heteroatoms. The van der Waals surface area contributed by atoms with E-state index in [0.717, 1.165) is 58.6 Å². The Bertz CT molecular complexity index is 279. The lowest BCUT2D eigenvalue weighted by molar-refractivity contribution is -0.121. The van der Waals surface area contributed by atoms with Crippen LogP contribution in [0.1, 0.15) is 32.1 Å². The molecule has 0 bridgehead atoms. The van der Waals surface area contributed by atoms with Crippen LogP contribution in [0.25, 0.3) is 0 Å². The van der Waals surface area contributed by atoms with E-state index in [9.17, 15) is 0 Å². The topological polar surface area (TPSA) is 30.5 Å². The molecule has 3 fully saturated rings. The highest BCUT2D eigenvalue weighted by atomic mass is 16.5. The van der Waals surface area contributed by atoms with Gasteiger partial charge in [-0.1, -0.05) is 11.1 Å². The molecular weight excluding hydrogens is 202 g/mol. The summed E-state index contributed by atoms with van der Waals surface area (Å²) in [6.45, 7) is 4.94. The molecule has 3 nitrogen and oxygen atoms in total. The molecule has 0 aromatic heterocycles. The number of hydrogen-bond acceptors (Lipinski definition) is 3. The highest BCUT2D eigenvalue weighted by molar-refractivity contribution is 5.22. The van der Waals surface area contributed by atoms with E-state index in [1.807, 2.05) is 0 Å². The van der Waals surface area contributed by atoms with Crippen LogP contribution >= 0.6 is 0 Å². The van der Waals surface area contributed by atoms with Gasteiger partial charge in [-0.15, -0.1) is 0 Å². The molecule has 3 rings (SSSR count). The van der Waals surface area contributed by atoms with Gasteiger partial charge in [0.2, 0.25) is 0 Å². The largest absolute Gasteiger partial charge is 0.381 e. The Morgan fingerprint density at radius 2 is 1.88 bits per heavy atom. The van der Waals surface area contributed by atoms with Gasteiger partial charge in [0.25, 0.3) is 0 Å². The van der Waals surface area contributed by atoms with E-state index < -0.39 is 0 Å². The van der Waals surface area contributed by atoms with Gasteiger partial charge in [-0.3, -0.25) is 0 Å². The molecular formula is C13H21NO2. The SMILES string of the molecule is C1CC(=C2CCOC3(CCOCC3)C2)CN1. The maximum Gasteiger partial charge on any atom is 0.0763 e. The summed E-state index contributed by atoms with van der Waals surface area (Å²) in [5.74, 6) is 0. The van der Waals surface area contributed by atoms with Gasteiger partial charge in [0.15, 0.2) is 0 Å². The maximum absolute atomic E-state index is 6.06. The minimum atomic E-state index is 0.126. The summed E-state index contributed by atoms with van der Waals surface area (Å²) >= 11 is 0. The number of nitrogens with one attached hydrogen (secondary N) is 1. The van der Waals surface area contributed by atoms with E-state index in [0.29, 0.717) is 0 Å². The highest BCUT2D eigenvalue weighted by Crippen LogP contribution is 2.38. The molecule has 1 spiro atoms. The maximum atomic E-state index is 6.06. The first-order chi connectivity index (χ1) is 7.88. The fraction of sp³-hybridized carbons (Fsp3) is 0.846. The molecule has 0 atom stereocenters. The lowest BCUT2D eigenvalue weighted by Gasteiger charge is -2.41. The van der Waals surface area contributed by atoms with Crippen LogP contribution in [-0.4, -0.2) is 38.5 Å². The van der Waals surface area contributed by atoms with Gasteiger partial charge < -0.3 is 14.8 Å². The average molecular weight is 223 g/mol. The molecule has 3 aliphatic heterocycles. The summed E-state index contributed by atoms with van der Waals surface area (Å²) in [5.41, 5.74) is 3.47. The smallest absolute Gasteiger partial charge is 0.0763 e. The molecule has 0 aromatic rings. The molecule has 16 heavy (non-hydrogen) atoms. The van der Waals surface area contributed by atoms with Crippen LogP contribution in [0.5, 0.6) is 0 Å². The van der Waals surface area contributed by atoms with E-state index in [2.05, 4.69) is 5.32 Å². The van der Waals surface area contributed by atoms with Crippen LogP contribution in [0.3, 0.4) is 0 Å². The quantitative estimate of drug-likeness (QED) is 0.633. The van der Waals surface area contributed by atoms with Crippen molar-refractivity contribution in [3.05, 3.63) is 11.1 Å². The highest BCUT2D eigenvalue weighted by Gasteiger charge is 2.37. The third-order valence-electron chi connectivity index (χ3n) is 4.19. The van der Waals surface area contributed by atoms with Gasteiger partial charge in [-0.25, -0.2) is 0 Å². The molecule has 90 valence electrons. The summed E-state index contributed by atoms with van der Waals surface area (Å²) in [6, 6.07) is 0. The second-order valence-corrected chi connectivity index (χ2v) is 5.20. The van der Waals surface area contributed by atoms with Gasteiger partial charge in [0.1, 0.15) is 0 Å². The first-order valence-corrected chi connectivity index (χ1v) is 6.50. The summed E-state index contributed by atoms with van der Waals surface area (Å²) < 4.78 is 11.5. The minimum absolute atomic E-state index is 0.126. The normalized spacial score (nSPS) is 34.5. The molecule has 3 saturated heterocycles. The fourth-order valence-electron chi connectivity index (χ4n) is 3.15. The van der Waals surface area contributed by atoms with Gasteiger partial charge in [-0.2, -0.15) is 0 Å². The molecule has 0 unspecified atom stereocenters. The fourth-order valence-corrected chi connectivity index (χ4v) is 3.15. The molecule has 0 radical (unpaired) electrons. The molecule has 3 aliphatic rings. The summed E-state index contributed by atoms with van der Waals surface area (Å²) in [4.78, 5) is 0. The number of ether oxygens (including phenoxy) is 2. The first-order valence-electron chi connectivity index (χ1n) is 6.50. The van der Waals surface area contributed by atoms with E-state index >= 15 is 0 Å². The summed E-state index contributed by atoms with van der Waals surface area (Å²) in [5, 5.41) is 3.44. The molecule has 0 aliphatic carbocycles. The molecule has 0 amide bonds. The third-order valence-corrected chi connectivity index (χ3v) is 4.19. The van der Waals surface area contributed by atoms with Gasteiger partial charge in [0, 0.05) is 32.6 Å². The second-order valence-electron chi connectivity index (χ2n) is 5.20. The Hall–Kier alpha value is -0.380. The van der Waals surface area contributed by atoms with Gasteiger partial charge in [0.05, 0.1) is 12.2 Å². The second kappa shape index (κ2) is 4.47. The van der Waals surface area contributed by atoms with Crippen LogP contribution in [0.2, 0.25) is 0 Å². The van der Waals surface area contributed by atoms with Crippen LogP contribution in [0, 0.1) is 0 Å². The Labute approximate surface area is 97.2 Å². The standard InChI is InChI=1S/C13H21NO2/c1-5-14-10-12(1)11-2-6-16-13(9-11)3-7-15-8-4-13/h14H,1-10H2. The zero-order valence-electron chi connectivity index (χ0n) is 9.89. The number of hydrogen-bond donors (Lipinski definition) is 1. The summed E-state index contributed by atoms with van der Waals surface area (Å²) in [6.07, 6.45) is 5.73. The van der Waals surface area contributed by atoms with Crippen molar-refractivity contribution in [2.24, 2.45) is 0 Å². The van der Waals surface area contributed by atoms with Crippen molar-refractivity contribution < 1.29 is 9.47 Å². The Kier molecular flexibility index (Phi) is 3.01. The minimum Gasteiger partial charge on any atom is -0.381 e. The van der Waals surface area contributed by atoms with Crippen molar-refractivity contribution in [1.29, 1.82) is 0 Å². The Morgan fingerprint density at radius 3 is 2.62 bits per heavy atom. The Balaban J connectivity index is 1.75. The van der Waals surface area contributed by atoms with E-state index in [1.165, 1.54) is 6.42 Å². The number of rotatable bonds is 0. The van der Waals surface area contributed by atoms with Crippen molar-refractivity contribution in [3.8, 4) is 0 Å². The van der Waals surface area contributed by atoms with Crippen LogP contribution in [0.15, 0.2) is 11.1 Å². The van der Waals surface area contributed by atoms with Crippen molar-refractivity contribution in [1.82, 2.24) is 5.32 Å². The van der Waals surface area contributed by atoms with E-state index in [1.54, 1.807) is 11.1 Å². The monoisotopic (exact) mass is 223 g/mol. The zero-order chi connectivity index (χ0) is 10.8. The predicted molar refractivity (Wildman–Crippen MR) is 62.5 cm³/mol. The molecule has 0 saturated carbocycles. The van der Waals surface area contributed by atoms with E-state index in [-0.39, 0.29) is 5.60 Å².